The van der Waals surface area contributed by atoms with E-state index in [0.29, 0.717) is 11.5 Å². The third-order valence-corrected chi connectivity index (χ3v) is 5.45. The van der Waals surface area contributed by atoms with Gasteiger partial charge in [-0.1, -0.05) is 40.2 Å². The molecule has 1 aliphatic heterocycles. The van der Waals surface area contributed by atoms with E-state index >= 15 is 0 Å². The van der Waals surface area contributed by atoms with Crippen molar-refractivity contribution in [2.75, 3.05) is 11.9 Å². The molecule has 0 atom stereocenters. The van der Waals surface area contributed by atoms with Crippen molar-refractivity contribution in [2.45, 2.75) is 19.5 Å². The summed E-state index contributed by atoms with van der Waals surface area (Å²) < 4.78 is 15.0. The van der Waals surface area contributed by atoms with Crippen LogP contribution in [0.25, 0.3) is 0 Å². The third kappa shape index (κ3) is 4.77. The molecule has 0 radical (unpaired) electrons. The first-order chi connectivity index (χ1) is 14.1. The van der Waals surface area contributed by atoms with Gasteiger partial charge in [0.1, 0.15) is 11.6 Å². The first-order valence-electron chi connectivity index (χ1n) is 9.44. The average molecular weight is 454 g/mol. The number of fused-ring (bicyclic) bond motifs is 1. The maximum Gasteiger partial charge on any atom is 0.199 e. The van der Waals surface area contributed by atoms with Gasteiger partial charge >= 0.3 is 0 Å². The molecule has 0 aliphatic carbocycles. The molecule has 4 nitrogen and oxygen atoms in total. The Morgan fingerprint density at radius 1 is 1.07 bits per heavy atom. The van der Waals surface area contributed by atoms with Crippen molar-refractivity contribution in [2.24, 2.45) is 4.99 Å². The SMILES string of the molecule is Oc1ccc(NC(=NCc2cc(Br)ccc2F)N2CCc3ccccc3C2)cc1. The highest BCUT2D eigenvalue weighted by atomic mass is 79.9. The number of benzene rings is 3. The van der Waals surface area contributed by atoms with Gasteiger partial charge in [0.05, 0.1) is 6.54 Å². The van der Waals surface area contributed by atoms with Crippen LogP contribution in [0.4, 0.5) is 10.1 Å². The van der Waals surface area contributed by atoms with Crippen LogP contribution in [-0.4, -0.2) is 22.5 Å². The van der Waals surface area contributed by atoms with E-state index in [1.165, 1.54) is 17.2 Å². The Labute approximate surface area is 177 Å². The lowest BCUT2D eigenvalue weighted by molar-refractivity contribution is 0.391. The van der Waals surface area contributed by atoms with E-state index in [4.69, 9.17) is 4.99 Å². The Hall–Kier alpha value is -2.86. The molecule has 0 unspecified atom stereocenters. The summed E-state index contributed by atoms with van der Waals surface area (Å²) in [7, 11) is 0. The topological polar surface area (TPSA) is 47.9 Å². The molecule has 0 spiro atoms. The van der Waals surface area contributed by atoms with Crippen LogP contribution in [0.2, 0.25) is 0 Å². The fourth-order valence-electron chi connectivity index (χ4n) is 3.39. The predicted molar refractivity (Wildman–Crippen MR) is 118 cm³/mol. The van der Waals surface area contributed by atoms with Gasteiger partial charge in [0, 0.05) is 28.8 Å². The lowest BCUT2D eigenvalue weighted by Gasteiger charge is -2.32. The van der Waals surface area contributed by atoms with Crippen molar-refractivity contribution in [3.8, 4) is 5.75 Å². The van der Waals surface area contributed by atoms with Crippen molar-refractivity contribution < 1.29 is 9.50 Å². The summed E-state index contributed by atoms with van der Waals surface area (Å²) in [5.41, 5.74) is 3.97. The van der Waals surface area contributed by atoms with Gasteiger partial charge in [-0.2, -0.15) is 0 Å². The fraction of sp³-hybridized carbons (Fsp3) is 0.174. The largest absolute Gasteiger partial charge is 0.508 e. The summed E-state index contributed by atoms with van der Waals surface area (Å²) in [5.74, 6) is 0.617. The molecule has 3 aromatic carbocycles. The number of hydrogen-bond acceptors (Lipinski definition) is 2. The number of hydrogen-bond donors (Lipinski definition) is 2. The van der Waals surface area contributed by atoms with Gasteiger partial charge in [0.25, 0.3) is 0 Å². The molecule has 0 saturated carbocycles. The van der Waals surface area contributed by atoms with Gasteiger partial charge in [0.15, 0.2) is 5.96 Å². The zero-order valence-corrected chi connectivity index (χ0v) is 17.4. The summed E-state index contributed by atoms with van der Waals surface area (Å²) in [5, 5.41) is 12.9. The number of aromatic hydroxyl groups is 1. The quantitative estimate of drug-likeness (QED) is 0.320. The Kier molecular flexibility index (Phi) is 5.81. The smallest absolute Gasteiger partial charge is 0.199 e. The number of aliphatic imine (C=N–C) groups is 1. The number of guanidine groups is 1. The number of anilines is 1. The Balaban J connectivity index is 1.61. The van der Waals surface area contributed by atoms with E-state index < -0.39 is 0 Å². The molecular weight excluding hydrogens is 433 g/mol. The van der Waals surface area contributed by atoms with E-state index in [-0.39, 0.29) is 18.1 Å². The van der Waals surface area contributed by atoms with Crippen LogP contribution in [0.15, 0.2) is 76.2 Å². The summed E-state index contributed by atoms with van der Waals surface area (Å²) in [4.78, 5) is 6.89. The molecule has 148 valence electrons. The second kappa shape index (κ2) is 8.66. The summed E-state index contributed by atoms with van der Waals surface area (Å²) >= 11 is 3.39. The maximum absolute atomic E-state index is 14.2. The minimum Gasteiger partial charge on any atom is -0.508 e. The van der Waals surface area contributed by atoms with Crippen molar-refractivity contribution in [1.82, 2.24) is 4.90 Å². The van der Waals surface area contributed by atoms with E-state index in [1.54, 1.807) is 36.4 Å². The van der Waals surface area contributed by atoms with Gasteiger partial charge in [0.2, 0.25) is 0 Å². The second-order valence-electron chi connectivity index (χ2n) is 6.99. The van der Waals surface area contributed by atoms with Crippen molar-refractivity contribution in [3.05, 3.63) is 93.7 Å². The van der Waals surface area contributed by atoms with Crippen LogP contribution in [0.1, 0.15) is 16.7 Å². The van der Waals surface area contributed by atoms with E-state index in [9.17, 15) is 9.50 Å². The van der Waals surface area contributed by atoms with Crippen LogP contribution in [0.5, 0.6) is 5.75 Å². The molecule has 1 aliphatic rings. The molecular formula is C23H21BrFN3O. The molecule has 29 heavy (non-hydrogen) atoms. The van der Waals surface area contributed by atoms with Gasteiger partial charge in [-0.25, -0.2) is 9.38 Å². The Bertz CT molecular complexity index is 1040. The molecule has 2 N–H and O–H groups in total. The molecule has 4 rings (SSSR count). The summed E-state index contributed by atoms with van der Waals surface area (Å²) in [6.07, 6.45) is 0.928. The third-order valence-electron chi connectivity index (χ3n) is 4.96. The highest BCUT2D eigenvalue weighted by Gasteiger charge is 2.19. The molecule has 0 fully saturated rings. The van der Waals surface area contributed by atoms with Crippen LogP contribution in [-0.2, 0) is 19.5 Å². The van der Waals surface area contributed by atoms with Crippen LogP contribution in [0, 0.1) is 5.82 Å². The van der Waals surface area contributed by atoms with Crippen molar-refractivity contribution in [1.29, 1.82) is 0 Å². The van der Waals surface area contributed by atoms with Crippen LogP contribution in [0.3, 0.4) is 0 Å². The molecule has 3 aromatic rings. The van der Waals surface area contributed by atoms with E-state index in [0.717, 1.165) is 29.7 Å². The summed E-state index contributed by atoms with van der Waals surface area (Å²) in [6, 6.07) is 20.1. The monoisotopic (exact) mass is 453 g/mol. The van der Waals surface area contributed by atoms with E-state index in [1.807, 2.05) is 6.07 Å². The second-order valence-corrected chi connectivity index (χ2v) is 7.90. The number of phenolic OH excluding ortho intramolecular Hbond substituents is 1. The molecule has 0 aromatic heterocycles. The number of nitrogens with one attached hydrogen (secondary N) is 1. The maximum atomic E-state index is 14.2. The Morgan fingerprint density at radius 3 is 2.62 bits per heavy atom. The molecule has 1 heterocycles. The Morgan fingerprint density at radius 2 is 1.83 bits per heavy atom. The minimum atomic E-state index is -0.273. The van der Waals surface area contributed by atoms with Crippen LogP contribution < -0.4 is 5.32 Å². The highest BCUT2D eigenvalue weighted by Crippen LogP contribution is 2.22. The minimum absolute atomic E-state index is 0.206. The molecule has 0 amide bonds. The lowest BCUT2D eigenvalue weighted by atomic mass is 10.0. The van der Waals surface area contributed by atoms with Crippen molar-refractivity contribution in [3.63, 3.8) is 0 Å². The van der Waals surface area contributed by atoms with Crippen molar-refractivity contribution >= 4 is 27.6 Å². The standard InChI is InChI=1S/C23H21BrFN3O/c24-19-5-10-22(25)18(13-19)14-26-23(27-20-6-8-21(29)9-7-20)28-12-11-16-3-1-2-4-17(16)15-28/h1-10,13,29H,11-12,14-15H2,(H,26,27). The zero-order valence-electron chi connectivity index (χ0n) is 15.8. The summed E-state index contributed by atoms with van der Waals surface area (Å²) in [6.45, 7) is 1.78. The van der Waals surface area contributed by atoms with E-state index in [2.05, 4.69) is 44.3 Å². The molecule has 0 saturated heterocycles. The zero-order chi connectivity index (χ0) is 20.2. The number of rotatable bonds is 3. The molecule has 0 bridgehead atoms. The number of nitrogens with zero attached hydrogens (tertiary/aromatic N) is 2. The van der Waals surface area contributed by atoms with Gasteiger partial charge in [-0.05, 0) is 60.0 Å². The van der Waals surface area contributed by atoms with Gasteiger partial charge in [-0.3, -0.25) is 0 Å². The normalized spacial score (nSPS) is 13.9. The van der Waals surface area contributed by atoms with Gasteiger partial charge < -0.3 is 15.3 Å². The average Bonchev–Trinajstić information content (AvgIpc) is 2.74. The lowest BCUT2D eigenvalue weighted by Crippen LogP contribution is -2.40. The van der Waals surface area contributed by atoms with Crippen LogP contribution >= 0.6 is 15.9 Å². The first kappa shape index (κ1) is 19.5. The first-order valence-corrected chi connectivity index (χ1v) is 10.2. The fourth-order valence-corrected chi connectivity index (χ4v) is 3.80. The highest BCUT2D eigenvalue weighted by molar-refractivity contribution is 9.10. The predicted octanol–water partition coefficient (Wildman–Crippen LogP) is 5.32. The molecule has 6 heteroatoms. The van der Waals surface area contributed by atoms with Gasteiger partial charge in [-0.15, -0.1) is 0 Å². The number of phenols is 1. The number of halogens is 2.